The second-order valence-corrected chi connectivity index (χ2v) is 4.56. The molecule has 1 heterocycles. The van der Waals surface area contributed by atoms with Gasteiger partial charge in [-0.05, 0) is 32.4 Å². The van der Waals surface area contributed by atoms with E-state index >= 15 is 0 Å². The summed E-state index contributed by atoms with van der Waals surface area (Å²) in [7, 11) is 0. The van der Waals surface area contributed by atoms with E-state index in [9.17, 15) is 4.79 Å². The number of ether oxygens (including phenoxy) is 1. The number of nitrogens with zero attached hydrogens (tertiary/aromatic N) is 2. The van der Waals surface area contributed by atoms with Gasteiger partial charge in [0.2, 0.25) is 0 Å². The molecule has 0 saturated heterocycles. The van der Waals surface area contributed by atoms with Gasteiger partial charge in [0.15, 0.2) is 6.61 Å². The van der Waals surface area contributed by atoms with E-state index in [1.807, 2.05) is 49.7 Å². The molecule has 5 nitrogen and oxygen atoms in total. The molecular formula is C15H19N3O2. The van der Waals surface area contributed by atoms with Gasteiger partial charge in [0.1, 0.15) is 5.75 Å². The zero-order valence-electron chi connectivity index (χ0n) is 12.0. The maximum Gasteiger partial charge on any atom is 0.262 e. The molecule has 5 heteroatoms. The van der Waals surface area contributed by atoms with Gasteiger partial charge in [-0.1, -0.05) is 18.2 Å². The van der Waals surface area contributed by atoms with Gasteiger partial charge in [-0.15, -0.1) is 0 Å². The zero-order valence-corrected chi connectivity index (χ0v) is 12.0. The number of hydrogen-bond acceptors (Lipinski definition) is 3. The Morgan fingerprint density at radius 2 is 2.10 bits per heavy atom. The third kappa shape index (κ3) is 3.17. The van der Waals surface area contributed by atoms with Crippen LogP contribution in [0.1, 0.15) is 18.2 Å². The van der Waals surface area contributed by atoms with Gasteiger partial charge in [-0.3, -0.25) is 9.48 Å². The molecule has 1 aromatic carbocycles. The molecule has 2 aromatic rings. The fraction of sp³-hybridized carbons (Fsp3) is 0.333. The molecule has 0 unspecified atom stereocenters. The molecule has 0 saturated carbocycles. The van der Waals surface area contributed by atoms with Crippen LogP contribution in [0.2, 0.25) is 0 Å². The van der Waals surface area contributed by atoms with Gasteiger partial charge >= 0.3 is 0 Å². The van der Waals surface area contributed by atoms with Crippen LogP contribution in [0.15, 0.2) is 30.5 Å². The summed E-state index contributed by atoms with van der Waals surface area (Å²) in [4.78, 5) is 11.9. The summed E-state index contributed by atoms with van der Waals surface area (Å²) in [5, 5.41) is 6.99. The fourth-order valence-electron chi connectivity index (χ4n) is 1.94. The van der Waals surface area contributed by atoms with Gasteiger partial charge in [-0.2, -0.15) is 5.10 Å². The molecule has 1 aromatic heterocycles. The van der Waals surface area contributed by atoms with Crippen molar-refractivity contribution >= 4 is 11.6 Å². The predicted octanol–water partition coefficient (Wildman–Crippen LogP) is 2.54. The molecular weight excluding hydrogens is 254 g/mol. The van der Waals surface area contributed by atoms with Crippen molar-refractivity contribution in [3.63, 3.8) is 0 Å². The first kappa shape index (κ1) is 14.1. The molecule has 0 aliphatic rings. The lowest BCUT2D eigenvalue weighted by Gasteiger charge is -2.09. The number of rotatable bonds is 5. The topological polar surface area (TPSA) is 56.2 Å². The third-order valence-electron chi connectivity index (χ3n) is 3.13. The minimum Gasteiger partial charge on any atom is -0.483 e. The van der Waals surface area contributed by atoms with Gasteiger partial charge < -0.3 is 10.1 Å². The molecule has 0 aliphatic heterocycles. The molecule has 0 aliphatic carbocycles. The highest BCUT2D eigenvalue weighted by Crippen LogP contribution is 2.17. The van der Waals surface area contributed by atoms with Crippen LogP contribution in [-0.2, 0) is 11.3 Å². The summed E-state index contributed by atoms with van der Waals surface area (Å²) in [6.07, 6.45) is 1.66. The van der Waals surface area contributed by atoms with Gasteiger partial charge in [-0.25, -0.2) is 0 Å². The maximum absolute atomic E-state index is 11.9. The number of carbonyl (C=O) groups excluding carboxylic acids is 1. The summed E-state index contributed by atoms with van der Waals surface area (Å²) >= 11 is 0. The molecule has 1 N–H and O–H groups in total. The average molecular weight is 273 g/mol. The summed E-state index contributed by atoms with van der Waals surface area (Å²) in [6.45, 7) is 6.65. The lowest BCUT2D eigenvalue weighted by Crippen LogP contribution is -2.20. The van der Waals surface area contributed by atoms with Crippen molar-refractivity contribution in [3.05, 3.63) is 41.7 Å². The highest BCUT2D eigenvalue weighted by atomic mass is 16.5. The van der Waals surface area contributed by atoms with E-state index in [4.69, 9.17) is 4.74 Å². The molecule has 0 bridgehead atoms. The van der Waals surface area contributed by atoms with E-state index in [0.717, 1.165) is 29.2 Å². The predicted molar refractivity (Wildman–Crippen MR) is 77.9 cm³/mol. The Morgan fingerprint density at radius 3 is 2.75 bits per heavy atom. The minimum absolute atomic E-state index is 0.0123. The van der Waals surface area contributed by atoms with Crippen molar-refractivity contribution in [2.75, 3.05) is 11.9 Å². The van der Waals surface area contributed by atoms with Crippen molar-refractivity contribution in [1.82, 2.24) is 9.78 Å². The van der Waals surface area contributed by atoms with Crippen molar-refractivity contribution in [1.29, 1.82) is 0 Å². The number of aromatic nitrogens is 2. The lowest BCUT2D eigenvalue weighted by atomic mass is 10.2. The van der Waals surface area contributed by atoms with Crippen molar-refractivity contribution in [3.8, 4) is 5.75 Å². The Morgan fingerprint density at radius 1 is 1.35 bits per heavy atom. The van der Waals surface area contributed by atoms with Crippen molar-refractivity contribution < 1.29 is 9.53 Å². The Hall–Kier alpha value is -2.30. The van der Waals surface area contributed by atoms with Crippen LogP contribution in [0.25, 0.3) is 0 Å². The van der Waals surface area contributed by atoms with Crippen LogP contribution < -0.4 is 10.1 Å². The van der Waals surface area contributed by atoms with Crippen LogP contribution in [0.4, 0.5) is 5.69 Å². The number of aryl methyl sites for hydroxylation is 2. The van der Waals surface area contributed by atoms with E-state index in [1.54, 1.807) is 6.20 Å². The van der Waals surface area contributed by atoms with E-state index in [-0.39, 0.29) is 12.5 Å². The van der Waals surface area contributed by atoms with E-state index in [2.05, 4.69) is 10.4 Å². The first-order valence-electron chi connectivity index (χ1n) is 6.62. The van der Waals surface area contributed by atoms with Crippen LogP contribution in [0, 0.1) is 13.8 Å². The standard InChI is InChI=1S/C15H19N3O2/c1-4-18-12(3)13(9-16-18)17-15(19)10-20-14-8-6-5-7-11(14)2/h5-9H,4,10H2,1-3H3,(H,17,19). The number of anilines is 1. The summed E-state index contributed by atoms with van der Waals surface area (Å²) < 4.78 is 7.34. The summed E-state index contributed by atoms with van der Waals surface area (Å²) in [5.74, 6) is 0.538. The Balaban J connectivity index is 1.93. The largest absolute Gasteiger partial charge is 0.483 e. The smallest absolute Gasteiger partial charge is 0.262 e. The zero-order chi connectivity index (χ0) is 14.5. The van der Waals surface area contributed by atoms with Gasteiger partial charge in [0.25, 0.3) is 5.91 Å². The Kier molecular flexibility index (Phi) is 4.40. The van der Waals surface area contributed by atoms with E-state index < -0.39 is 0 Å². The second kappa shape index (κ2) is 6.23. The molecule has 2 rings (SSSR count). The van der Waals surface area contributed by atoms with Crippen LogP contribution in [0.3, 0.4) is 0 Å². The van der Waals surface area contributed by atoms with Crippen LogP contribution in [-0.4, -0.2) is 22.3 Å². The summed E-state index contributed by atoms with van der Waals surface area (Å²) in [6, 6.07) is 7.62. The first-order valence-corrected chi connectivity index (χ1v) is 6.62. The molecule has 0 radical (unpaired) electrons. The van der Waals surface area contributed by atoms with E-state index in [0.29, 0.717) is 0 Å². The minimum atomic E-state index is -0.188. The van der Waals surface area contributed by atoms with Gasteiger partial charge in [0, 0.05) is 6.54 Å². The van der Waals surface area contributed by atoms with Crippen LogP contribution >= 0.6 is 0 Å². The maximum atomic E-state index is 11.9. The van der Waals surface area contributed by atoms with Crippen LogP contribution in [0.5, 0.6) is 5.75 Å². The van der Waals surface area contributed by atoms with Crippen molar-refractivity contribution in [2.24, 2.45) is 0 Å². The number of benzene rings is 1. The number of nitrogens with one attached hydrogen (secondary N) is 1. The monoisotopic (exact) mass is 273 g/mol. The first-order chi connectivity index (χ1) is 9.61. The molecule has 106 valence electrons. The number of carbonyl (C=O) groups is 1. The molecule has 1 amide bonds. The van der Waals surface area contributed by atoms with Gasteiger partial charge in [0.05, 0.1) is 17.6 Å². The fourth-order valence-corrected chi connectivity index (χ4v) is 1.94. The molecule has 0 atom stereocenters. The normalized spacial score (nSPS) is 10.3. The highest BCUT2D eigenvalue weighted by Gasteiger charge is 2.10. The number of para-hydroxylation sites is 1. The average Bonchev–Trinajstić information content (AvgIpc) is 2.79. The lowest BCUT2D eigenvalue weighted by molar-refractivity contribution is -0.118. The second-order valence-electron chi connectivity index (χ2n) is 4.56. The molecule has 0 fully saturated rings. The third-order valence-corrected chi connectivity index (χ3v) is 3.13. The van der Waals surface area contributed by atoms with Crippen molar-refractivity contribution in [2.45, 2.75) is 27.3 Å². The summed E-state index contributed by atoms with van der Waals surface area (Å²) in [5.41, 5.74) is 2.68. The SMILES string of the molecule is CCn1ncc(NC(=O)COc2ccccc2C)c1C. The quantitative estimate of drug-likeness (QED) is 0.910. The van der Waals surface area contributed by atoms with E-state index in [1.165, 1.54) is 0 Å². The Bertz CT molecular complexity index is 605. The Labute approximate surface area is 118 Å². The number of amides is 1. The molecule has 0 spiro atoms. The number of hydrogen-bond donors (Lipinski definition) is 1. The molecule has 20 heavy (non-hydrogen) atoms. The highest BCUT2D eigenvalue weighted by molar-refractivity contribution is 5.92.